The van der Waals surface area contributed by atoms with Crippen molar-refractivity contribution in [1.82, 2.24) is 10.6 Å². The number of carboxylic acid groups (broad SMARTS) is 1. The number of ether oxygens (including phenoxy) is 1. The minimum Gasteiger partial charge on any atom is -0.497 e. The minimum absolute atomic E-state index is 0.0614. The SMILES string of the molecule is COc1ccc(C(O)C(NC(=O)NC2CCCCC2)C(=O)O)cc1. The van der Waals surface area contributed by atoms with Crippen molar-refractivity contribution in [3.05, 3.63) is 29.8 Å². The number of carboxylic acids is 1. The lowest BCUT2D eigenvalue weighted by Gasteiger charge is -2.25. The fraction of sp³-hybridized carbons (Fsp3) is 0.529. The van der Waals surface area contributed by atoms with Crippen LogP contribution in [0.25, 0.3) is 0 Å². The maximum Gasteiger partial charge on any atom is 0.329 e. The van der Waals surface area contributed by atoms with E-state index in [1.165, 1.54) is 7.11 Å². The maximum absolute atomic E-state index is 12.0. The molecule has 2 rings (SSSR count). The number of urea groups is 1. The van der Waals surface area contributed by atoms with Crippen molar-refractivity contribution in [1.29, 1.82) is 0 Å². The zero-order chi connectivity index (χ0) is 17.5. The predicted octanol–water partition coefficient (Wildman–Crippen LogP) is 1.81. The Kier molecular flexibility index (Phi) is 6.43. The van der Waals surface area contributed by atoms with Crippen LogP contribution in [0.15, 0.2) is 24.3 Å². The van der Waals surface area contributed by atoms with Crippen LogP contribution in [0.4, 0.5) is 4.79 Å². The molecule has 2 amide bonds. The van der Waals surface area contributed by atoms with Gasteiger partial charge >= 0.3 is 12.0 Å². The van der Waals surface area contributed by atoms with Crippen molar-refractivity contribution in [2.45, 2.75) is 50.3 Å². The third-order valence-electron chi connectivity index (χ3n) is 4.27. The molecule has 1 fully saturated rings. The molecular weight excluding hydrogens is 312 g/mol. The molecule has 7 nitrogen and oxygen atoms in total. The summed E-state index contributed by atoms with van der Waals surface area (Å²) in [6.07, 6.45) is 3.71. The molecule has 0 aromatic heterocycles. The summed E-state index contributed by atoms with van der Waals surface area (Å²) in [4.78, 5) is 23.5. The van der Waals surface area contributed by atoms with Gasteiger partial charge in [-0.05, 0) is 30.5 Å². The molecule has 2 atom stereocenters. The highest BCUT2D eigenvalue weighted by Crippen LogP contribution is 2.21. The fourth-order valence-electron chi connectivity index (χ4n) is 2.88. The van der Waals surface area contributed by atoms with Gasteiger partial charge in [-0.15, -0.1) is 0 Å². The normalized spacial score (nSPS) is 17.6. The van der Waals surface area contributed by atoms with E-state index < -0.39 is 24.1 Å². The number of amides is 2. The average Bonchev–Trinajstić information content (AvgIpc) is 2.60. The van der Waals surface area contributed by atoms with Gasteiger partial charge < -0.3 is 25.6 Å². The Morgan fingerprint density at radius 1 is 1.17 bits per heavy atom. The number of benzene rings is 1. The van der Waals surface area contributed by atoms with Gasteiger partial charge in [0.15, 0.2) is 6.04 Å². The fourth-order valence-corrected chi connectivity index (χ4v) is 2.88. The van der Waals surface area contributed by atoms with Crippen LogP contribution in [0.1, 0.15) is 43.8 Å². The first-order valence-electron chi connectivity index (χ1n) is 8.13. The third-order valence-corrected chi connectivity index (χ3v) is 4.27. The monoisotopic (exact) mass is 336 g/mol. The van der Waals surface area contributed by atoms with E-state index in [2.05, 4.69) is 10.6 Å². The molecule has 1 aliphatic rings. The highest BCUT2D eigenvalue weighted by Gasteiger charge is 2.30. The van der Waals surface area contributed by atoms with Crippen molar-refractivity contribution in [3.8, 4) is 5.75 Å². The topological polar surface area (TPSA) is 108 Å². The molecule has 1 saturated carbocycles. The van der Waals surface area contributed by atoms with Crippen LogP contribution in [0.2, 0.25) is 0 Å². The summed E-state index contributed by atoms with van der Waals surface area (Å²) in [5.41, 5.74) is 0.390. The summed E-state index contributed by atoms with van der Waals surface area (Å²) >= 11 is 0. The second-order valence-electron chi connectivity index (χ2n) is 5.99. The Labute approximate surface area is 141 Å². The number of hydrogen-bond donors (Lipinski definition) is 4. The number of nitrogens with one attached hydrogen (secondary N) is 2. The first-order chi connectivity index (χ1) is 11.5. The number of aliphatic carboxylic acids is 1. The first kappa shape index (κ1) is 18.1. The molecule has 0 radical (unpaired) electrons. The maximum atomic E-state index is 12.0. The standard InChI is InChI=1S/C17H24N2O5/c1-24-13-9-7-11(8-10-13)15(20)14(16(21)22)19-17(23)18-12-5-3-2-4-6-12/h7-10,12,14-15,20H,2-6H2,1H3,(H,21,22)(H2,18,19,23). The molecular formula is C17H24N2O5. The van der Waals surface area contributed by atoms with E-state index in [1.54, 1.807) is 24.3 Å². The molecule has 7 heteroatoms. The number of carbonyl (C=O) groups excluding carboxylic acids is 1. The van der Waals surface area contributed by atoms with Crippen molar-refractivity contribution in [3.63, 3.8) is 0 Å². The Bertz CT molecular complexity index is 555. The van der Waals surface area contributed by atoms with E-state index in [0.717, 1.165) is 32.1 Å². The minimum atomic E-state index is -1.43. The molecule has 1 aromatic carbocycles. The summed E-state index contributed by atoms with van der Waals surface area (Å²) in [5, 5.41) is 24.8. The molecule has 2 unspecified atom stereocenters. The Hall–Kier alpha value is -2.28. The smallest absolute Gasteiger partial charge is 0.329 e. The highest BCUT2D eigenvalue weighted by atomic mass is 16.5. The lowest BCUT2D eigenvalue weighted by Crippen LogP contribution is -2.51. The second-order valence-corrected chi connectivity index (χ2v) is 5.99. The highest BCUT2D eigenvalue weighted by molar-refractivity contribution is 5.83. The van der Waals surface area contributed by atoms with Crippen LogP contribution >= 0.6 is 0 Å². The van der Waals surface area contributed by atoms with Crippen LogP contribution in [-0.2, 0) is 4.79 Å². The Morgan fingerprint density at radius 2 is 1.79 bits per heavy atom. The lowest BCUT2D eigenvalue weighted by atomic mass is 9.96. The number of rotatable bonds is 6. The van der Waals surface area contributed by atoms with Crippen molar-refractivity contribution >= 4 is 12.0 Å². The molecule has 0 bridgehead atoms. The average molecular weight is 336 g/mol. The molecule has 0 saturated heterocycles. The van der Waals surface area contributed by atoms with Crippen molar-refractivity contribution in [2.75, 3.05) is 7.11 Å². The summed E-state index contributed by atoms with van der Waals surface area (Å²) in [6.45, 7) is 0. The van der Waals surface area contributed by atoms with Gasteiger partial charge in [0, 0.05) is 6.04 Å². The van der Waals surface area contributed by atoms with Crippen molar-refractivity contribution < 1.29 is 24.5 Å². The van der Waals surface area contributed by atoms with Crippen LogP contribution in [0.5, 0.6) is 5.75 Å². The van der Waals surface area contributed by atoms with E-state index in [-0.39, 0.29) is 6.04 Å². The molecule has 1 aliphatic carbocycles. The zero-order valence-corrected chi connectivity index (χ0v) is 13.7. The van der Waals surface area contributed by atoms with Gasteiger partial charge in [-0.25, -0.2) is 9.59 Å². The molecule has 1 aromatic rings. The molecule has 0 spiro atoms. The third kappa shape index (κ3) is 4.86. The van der Waals surface area contributed by atoms with Crippen LogP contribution in [0.3, 0.4) is 0 Å². The van der Waals surface area contributed by atoms with E-state index in [4.69, 9.17) is 4.74 Å². The van der Waals surface area contributed by atoms with Gasteiger partial charge in [0.1, 0.15) is 11.9 Å². The summed E-state index contributed by atoms with van der Waals surface area (Å²) < 4.78 is 5.03. The number of aliphatic hydroxyl groups is 1. The van der Waals surface area contributed by atoms with Gasteiger partial charge in [-0.1, -0.05) is 31.4 Å². The number of carbonyl (C=O) groups is 2. The lowest BCUT2D eigenvalue weighted by molar-refractivity contribution is -0.142. The quantitative estimate of drug-likeness (QED) is 0.634. The molecule has 24 heavy (non-hydrogen) atoms. The van der Waals surface area contributed by atoms with E-state index in [1.807, 2.05) is 0 Å². The van der Waals surface area contributed by atoms with Crippen LogP contribution in [-0.4, -0.2) is 41.4 Å². The number of hydrogen-bond acceptors (Lipinski definition) is 4. The van der Waals surface area contributed by atoms with Gasteiger partial charge in [0.25, 0.3) is 0 Å². The summed E-state index contributed by atoms with van der Waals surface area (Å²) in [6, 6.07) is 4.45. The van der Waals surface area contributed by atoms with E-state index in [0.29, 0.717) is 11.3 Å². The van der Waals surface area contributed by atoms with Crippen LogP contribution in [0, 0.1) is 0 Å². The number of methoxy groups -OCH3 is 1. The molecule has 0 aliphatic heterocycles. The first-order valence-corrected chi connectivity index (χ1v) is 8.13. The Balaban J connectivity index is 1.99. The van der Waals surface area contributed by atoms with Gasteiger partial charge in [-0.2, -0.15) is 0 Å². The predicted molar refractivity (Wildman–Crippen MR) is 87.9 cm³/mol. The van der Waals surface area contributed by atoms with Gasteiger partial charge in [0.2, 0.25) is 0 Å². The van der Waals surface area contributed by atoms with E-state index in [9.17, 15) is 19.8 Å². The van der Waals surface area contributed by atoms with Crippen LogP contribution < -0.4 is 15.4 Å². The van der Waals surface area contributed by atoms with Crippen molar-refractivity contribution in [2.24, 2.45) is 0 Å². The summed E-state index contributed by atoms with van der Waals surface area (Å²) in [7, 11) is 1.52. The molecule has 0 heterocycles. The largest absolute Gasteiger partial charge is 0.497 e. The second kappa shape index (κ2) is 8.54. The Morgan fingerprint density at radius 3 is 2.33 bits per heavy atom. The van der Waals surface area contributed by atoms with E-state index >= 15 is 0 Å². The number of aliphatic hydroxyl groups excluding tert-OH is 1. The molecule has 4 N–H and O–H groups in total. The summed E-state index contributed by atoms with van der Waals surface area (Å²) in [5.74, 6) is -0.696. The molecule has 132 valence electrons. The van der Waals surface area contributed by atoms with Gasteiger partial charge in [-0.3, -0.25) is 0 Å². The zero-order valence-electron chi connectivity index (χ0n) is 13.7. The van der Waals surface area contributed by atoms with Gasteiger partial charge in [0.05, 0.1) is 7.11 Å².